The van der Waals surface area contributed by atoms with Crippen LogP contribution in [0.4, 0.5) is 0 Å². The van der Waals surface area contributed by atoms with Crippen LogP contribution >= 0.6 is 0 Å². The molecule has 0 bridgehead atoms. The van der Waals surface area contributed by atoms with Gasteiger partial charge in [-0.1, -0.05) is 0 Å². The topological polar surface area (TPSA) is 76.5 Å². The fourth-order valence-electron chi connectivity index (χ4n) is 2.02. The van der Waals surface area contributed by atoms with Gasteiger partial charge >= 0.3 is 0 Å². The summed E-state index contributed by atoms with van der Waals surface area (Å²) in [5.74, 6) is 0.984. The third-order valence-electron chi connectivity index (χ3n) is 3.02. The summed E-state index contributed by atoms with van der Waals surface area (Å²) in [6.45, 7) is 1.88. The minimum absolute atomic E-state index is 0.144. The third-order valence-corrected chi connectivity index (χ3v) is 3.02. The maximum atomic E-state index is 11.9. The molecular weight excluding hydrogens is 248 g/mol. The molecule has 0 fully saturated rings. The van der Waals surface area contributed by atoms with E-state index in [2.05, 4.69) is 5.10 Å². The first kappa shape index (κ1) is 13.1. The molecule has 1 heterocycles. The molecule has 0 spiro atoms. The van der Waals surface area contributed by atoms with Crippen LogP contribution in [0.3, 0.4) is 0 Å². The van der Waals surface area contributed by atoms with E-state index in [1.165, 1.54) is 11.8 Å². The zero-order valence-corrected chi connectivity index (χ0v) is 11.3. The second-order valence-corrected chi connectivity index (χ2v) is 4.22. The molecular formula is C13H16N2O4. The van der Waals surface area contributed by atoms with Gasteiger partial charge in [0.1, 0.15) is 17.1 Å². The molecule has 102 valence electrons. The summed E-state index contributed by atoms with van der Waals surface area (Å²) in [4.78, 5) is 11.9. The first-order chi connectivity index (χ1) is 8.99. The van der Waals surface area contributed by atoms with Gasteiger partial charge in [0.05, 0.1) is 14.2 Å². The number of nitrogens with one attached hydrogen (secondary N) is 1. The Kier molecular flexibility index (Phi) is 3.25. The minimum Gasteiger partial charge on any atom is -0.496 e. The van der Waals surface area contributed by atoms with Crippen molar-refractivity contribution in [3.63, 3.8) is 0 Å². The molecule has 0 saturated heterocycles. The molecule has 6 nitrogen and oxygen atoms in total. The molecule has 0 saturated carbocycles. The molecule has 0 radical (unpaired) electrons. The van der Waals surface area contributed by atoms with Gasteiger partial charge in [0.2, 0.25) is 5.88 Å². The van der Waals surface area contributed by atoms with E-state index >= 15 is 0 Å². The summed E-state index contributed by atoms with van der Waals surface area (Å²) in [6, 6.07) is 3.44. The monoisotopic (exact) mass is 264 g/mol. The third kappa shape index (κ3) is 2.05. The summed E-state index contributed by atoms with van der Waals surface area (Å²) < 4.78 is 11.8. The number of aromatic nitrogens is 2. The molecule has 19 heavy (non-hydrogen) atoms. The van der Waals surface area contributed by atoms with Crippen molar-refractivity contribution in [3.05, 3.63) is 28.0 Å². The average molecular weight is 264 g/mol. The van der Waals surface area contributed by atoms with Gasteiger partial charge in [-0.05, 0) is 24.6 Å². The van der Waals surface area contributed by atoms with Gasteiger partial charge in [-0.15, -0.1) is 0 Å². The van der Waals surface area contributed by atoms with Gasteiger partial charge < -0.3 is 14.6 Å². The lowest BCUT2D eigenvalue weighted by Gasteiger charge is -2.12. The Hall–Kier alpha value is -2.37. The van der Waals surface area contributed by atoms with E-state index in [1.807, 2.05) is 6.92 Å². The van der Waals surface area contributed by atoms with Gasteiger partial charge in [0.15, 0.2) is 0 Å². The molecule has 1 aromatic carbocycles. The van der Waals surface area contributed by atoms with Crippen molar-refractivity contribution < 1.29 is 14.6 Å². The Labute approximate surface area is 110 Å². The number of benzene rings is 1. The summed E-state index contributed by atoms with van der Waals surface area (Å²) in [7, 11) is 4.62. The molecule has 0 amide bonds. The normalized spacial score (nSPS) is 10.5. The fourth-order valence-corrected chi connectivity index (χ4v) is 2.02. The van der Waals surface area contributed by atoms with Crippen molar-refractivity contribution in [2.75, 3.05) is 14.2 Å². The van der Waals surface area contributed by atoms with Gasteiger partial charge in [-0.2, -0.15) is 0 Å². The molecule has 0 aliphatic heterocycles. The number of aromatic hydroxyl groups is 1. The fraction of sp³-hybridized carbons (Fsp3) is 0.308. The van der Waals surface area contributed by atoms with E-state index in [-0.39, 0.29) is 17.0 Å². The maximum absolute atomic E-state index is 11.9. The smallest absolute Gasteiger partial charge is 0.276 e. The maximum Gasteiger partial charge on any atom is 0.276 e. The van der Waals surface area contributed by atoms with Crippen molar-refractivity contribution in [3.8, 4) is 28.5 Å². The highest BCUT2D eigenvalue weighted by Gasteiger charge is 2.20. The zero-order chi connectivity index (χ0) is 14.2. The van der Waals surface area contributed by atoms with Crippen molar-refractivity contribution >= 4 is 0 Å². The molecule has 1 aromatic heterocycles. The Bertz CT molecular complexity index is 670. The summed E-state index contributed by atoms with van der Waals surface area (Å²) in [5, 5.41) is 12.5. The number of hydrogen-bond donors (Lipinski definition) is 2. The van der Waals surface area contributed by atoms with E-state index in [1.54, 1.807) is 26.3 Å². The standard InChI is InChI=1S/C13H16N2O4/c1-7-5-10(19-4)8(6-9(7)18-3)11-12(16)14-15(2)13(11)17/h5-6,17H,1-4H3,(H,14,16). The SMILES string of the molecule is COc1cc(-c2c(O)n(C)[nH]c2=O)c(OC)cc1C. The molecule has 2 aromatic rings. The summed E-state index contributed by atoms with van der Waals surface area (Å²) in [5.41, 5.74) is 1.15. The minimum atomic E-state index is -0.385. The van der Waals surface area contributed by atoms with Gasteiger partial charge in [0, 0.05) is 12.6 Å². The summed E-state index contributed by atoms with van der Waals surface area (Å²) in [6.07, 6.45) is 0. The van der Waals surface area contributed by atoms with E-state index in [4.69, 9.17) is 9.47 Å². The highest BCUT2D eigenvalue weighted by atomic mass is 16.5. The lowest BCUT2D eigenvalue weighted by molar-refractivity contribution is 0.400. The van der Waals surface area contributed by atoms with Crippen LogP contribution in [0.2, 0.25) is 0 Å². The lowest BCUT2D eigenvalue weighted by Crippen LogP contribution is -2.05. The van der Waals surface area contributed by atoms with Crippen LogP contribution in [-0.4, -0.2) is 29.1 Å². The van der Waals surface area contributed by atoms with Crippen LogP contribution in [0.25, 0.3) is 11.1 Å². The second-order valence-electron chi connectivity index (χ2n) is 4.22. The van der Waals surface area contributed by atoms with Gasteiger partial charge in [-0.25, -0.2) is 0 Å². The Morgan fingerprint density at radius 2 is 1.84 bits per heavy atom. The van der Waals surface area contributed by atoms with Crippen LogP contribution in [0.15, 0.2) is 16.9 Å². The number of aryl methyl sites for hydroxylation is 2. The number of ether oxygens (including phenoxy) is 2. The Balaban J connectivity index is 2.77. The summed E-state index contributed by atoms with van der Waals surface area (Å²) >= 11 is 0. The predicted octanol–water partition coefficient (Wildman–Crippen LogP) is 1.41. The van der Waals surface area contributed by atoms with E-state index in [0.29, 0.717) is 17.1 Å². The Morgan fingerprint density at radius 3 is 2.32 bits per heavy atom. The second kappa shape index (κ2) is 4.72. The zero-order valence-electron chi connectivity index (χ0n) is 11.3. The quantitative estimate of drug-likeness (QED) is 0.878. The van der Waals surface area contributed by atoms with Crippen molar-refractivity contribution in [1.82, 2.24) is 9.78 Å². The number of hydrogen-bond acceptors (Lipinski definition) is 4. The molecule has 0 aliphatic carbocycles. The largest absolute Gasteiger partial charge is 0.496 e. The highest BCUT2D eigenvalue weighted by molar-refractivity contribution is 5.76. The number of aromatic amines is 1. The predicted molar refractivity (Wildman–Crippen MR) is 71.0 cm³/mol. The van der Waals surface area contributed by atoms with E-state index < -0.39 is 0 Å². The van der Waals surface area contributed by atoms with Crippen molar-refractivity contribution in [1.29, 1.82) is 0 Å². The number of methoxy groups -OCH3 is 2. The van der Waals surface area contributed by atoms with Gasteiger partial charge in [0.25, 0.3) is 5.56 Å². The molecule has 0 atom stereocenters. The van der Waals surface area contributed by atoms with Crippen molar-refractivity contribution in [2.45, 2.75) is 6.92 Å². The highest BCUT2D eigenvalue weighted by Crippen LogP contribution is 2.37. The average Bonchev–Trinajstić information content (AvgIpc) is 2.63. The first-order valence-electron chi connectivity index (χ1n) is 5.70. The van der Waals surface area contributed by atoms with Crippen molar-refractivity contribution in [2.24, 2.45) is 7.05 Å². The lowest BCUT2D eigenvalue weighted by atomic mass is 10.0. The number of H-pyrrole nitrogens is 1. The van der Waals surface area contributed by atoms with Crippen LogP contribution in [-0.2, 0) is 7.05 Å². The molecule has 2 rings (SSSR count). The van der Waals surface area contributed by atoms with Crippen LogP contribution in [0.1, 0.15) is 5.56 Å². The van der Waals surface area contributed by atoms with E-state index in [9.17, 15) is 9.90 Å². The van der Waals surface area contributed by atoms with Crippen LogP contribution in [0.5, 0.6) is 17.4 Å². The Morgan fingerprint density at radius 1 is 1.21 bits per heavy atom. The molecule has 6 heteroatoms. The molecule has 2 N–H and O–H groups in total. The number of rotatable bonds is 3. The number of nitrogens with zero attached hydrogens (tertiary/aromatic N) is 1. The first-order valence-corrected chi connectivity index (χ1v) is 5.70. The molecule has 0 aliphatic rings. The van der Waals surface area contributed by atoms with Crippen LogP contribution < -0.4 is 15.0 Å². The molecule has 0 unspecified atom stereocenters. The van der Waals surface area contributed by atoms with E-state index in [0.717, 1.165) is 5.56 Å². The van der Waals surface area contributed by atoms with Gasteiger partial charge in [-0.3, -0.25) is 14.6 Å². The van der Waals surface area contributed by atoms with Crippen LogP contribution in [0, 0.1) is 6.92 Å².